The molecule has 0 radical (unpaired) electrons. The summed E-state index contributed by atoms with van der Waals surface area (Å²) in [6.07, 6.45) is 3.66. The zero-order valence-corrected chi connectivity index (χ0v) is 13.1. The van der Waals surface area contributed by atoms with Gasteiger partial charge < -0.3 is 5.32 Å². The van der Waals surface area contributed by atoms with Crippen LogP contribution in [0, 0.1) is 0 Å². The summed E-state index contributed by atoms with van der Waals surface area (Å²) in [5.41, 5.74) is 1.73. The van der Waals surface area contributed by atoms with Crippen LogP contribution in [0.25, 0.3) is 0 Å². The Bertz CT molecular complexity index is 735. The van der Waals surface area contributed by atoms with Gasteiger partial charge in [-0.25, -0.2) is 0 Å². The van der Waals surface area contributed by atoms with Crippen LogP contribution < -0.4 is 5.32 Å². The molecule has 2 aromatic heterocycles. The molecule has 0 fully saturated rings. The molecule has 4 nitrogen and oxygen atoms in total. The molecule has 0 aliphatic rings. The van der Waals surface area contributed by atoms with Crippen molar-refractivity contribution in [3.05, 3.63) is 76.2 Å². The quantitative estimate of drug-likeness (QED) is 0.784. The number of nitrogens with one attached hydrogen (secondary N) is 1. The third kappa shape index (κ3) is 3.43. The van der Waals surface area contributed by atoms with Gasteiger partial charge in [-0.2, -0.15) is 5.10 Å². The van der Waals surface area contributed by atoms with E-state index in [2.05, 4.69) is 10.4 Å². The summed E-state index contributed by atoms with van der Waals surface area (Å²) in [4.78, 5) is 13.5. The van der Waals surface area contributed by atoms with Crippen LogP contribution in [0.15, 0.2) is 60.2 Å². The van der Waals surface area contributed by atoms with Crippen LogP contribution in [0.1, 0.15) is 33.8 Å². The number of hydrogen-bond acceptors (Lipinski definition) is 3. The number of amides is 1. The van der Waals surface area contributed by atoms with Gasteiger partial charge in [0, 0.05) is 22.8 Å². The van der Waals surface area contributed by atoms with Crippen molar-refractivity contribution in [2.75, 3.05) is 0 Å². The lowest BCUT2D eigenvalue weighted by molar-refractivity contribution is 0.0940. The molecule has 0 bridgehead atoms. The molecule has 1 amide bonds. The molecule has 0 saturated heterocycles. The Kier molecular flexibility index (Phi) is 4.34. The summed E-state index contributed by atoms with van der Waals surface area (Å²) in [5.74, 6) is -0.0526. The molecule has 1 atom stereocenters. The van der Waals surface area contributed by atoms with Crippen molar-refractivity contribution < 1.29 is 4.79 Å². The van der Waals surface area contributed by atoms with Gasteiger partial charge in [-0.3, -0.25) is 9.48 Å². The predicted octanol–water partition coefficient (Wildman–Crippen LogP) is 3.48. The molecule has 0 aliphatic heterocycles. The van der Waals surface area contributed by atoms with Gasteiger partial charge in [0.2, 0.25) is 0 Å². The number of nitrogens with zero attached hydrogens (tertiary/aromatic N) is 2. The number of aromatic nitrogens is 2. The molecule has 1 unspecified atom stereocenters. The minimum atomic E-state index is -0.0526. The Morgan fingerprint density at radius 2 is 2.23 bits per heavy atom. The first-order valence-corrected chi connectivity index (χ1v) is 8.01. The summed E-state index contributed by atoms with van der Waals surface area (Å²) >= 11 is 1.65. The van der Waals surface area contributed by atoms with E-state index in [1.807, 2.05) is 65.6 Å². The van der Waals surface area contributed by atoms with Crippen LogP contribution in [-0.2, 0) is 6.54 Å². The van der Waals surface area contributed by atoms with E-state index in [4.69, 9.17) is 0 Å². The first kappa shape index (κ1) is 14.5. The number of benzene rings is 1. The van der Waals surface area contributed by atoms with Gasteiger partial charge in [0.05, 0.1) is 12.6 Å². The third-order valence-electron chi connectivity index (χ3n) is 3.41. The zero-order chi connectivity index (χ0) is 15.4. The molecule has 112 valence electrons. The highest BCUT2D eigenvalue weighted by Gasteiger charge is 2.12. The van der Waals surface area contributed by atoms with Crippen molar-refractivity contribution in [1.29, 1.82) is 0 Å². The molecule has 2 heterocycles. The van der Waals surface area contributed by atoms with Crippen molar-refractivity contribution in [2.45, 2.75) is 19.5 Å². The van der Waals surface area contributed by atoms with E-state index < -0.39 is 0 Å². The fraction of sp³-hybridized carbons (Fsp3) is 0.176. The van der Waals surface area contributed by atoms with Crippen LogP contribution in [0.2, 0.25) is 0 Å². The van der Waals surface area contributed by atoms with Gasteiger partial charge in [0.25, 0.3) is 5.91 Å². The second-order valence-electron chi connectivity index (χ2n) is 5.11. The number of carbonyl (C=O) groups is 1. The monoisotopic (exact) mass is 311 g/mol. The van der Waals surface area contributed by atoms with Crippen LogP contribution in [-0.4, -0.2) is 15.7 Å². The second kappa shape index (κ2) is 6.58. The van der Waals surface area contributed by atoms with Crippen molar-refractivity contribution in [3.63, 3.8) is 0 Å². The average molecular weight is 311 g/mol. The van der Waals surface area contributed by atoms with Gasteiger partial charge >= 0.3 is 0 Å². The Morgan fingerprint density at radius 1 is 1.32 bits per heavy atom. The first-order chi connectivity index (χ1) is 10.7. The molecule has 22 heavy (non-hydrogen) atoms. The van der Waals surface area contributed by atoms with Crippen molar-refractivity contribution in [3.8, 4) is 0 Å². The highest BCUT2D eigenvalue weighted by Crippen LogP contribution is 2.18. The molecule has 1 N–H and O–H groups in total. The van der Waals surface area contributed by atoms with Crippen molar-refractivity contribution >= 4 is 17.2 Å². The average Bonchev–Trinajstić information content (AvgIpc) is 3.20. The number of thiophene rings is 1. The molecule has 5 heteroatoms. The number of hydrogen-bond donors (Lipinski definition) is 1. The van der Waals surface area contributed by atoms with Crippen molar-refractivity contribution in [1.82, 2.24) is 15.1 Å². The maximum absolute atomic E-state index is 12.4. The second-order valence-corrected chi connectivity index (χ2v) is 6.09. The lowest BCUT2D eigenvalue weighted by Gasteiger charge is -2.13. The van der Waals surface area contributed by atoms with E-state index in [0.717, 1.165) is 10.4 Å². The maximum atomic E-state index is 12.4. The van der Waals surface area contributed by atoms with E-state index >= 15 is 0 Å². The van der Waals surface area contributed by atoms with Crippen molar-refractivity contribution in [2.24, 2.45) is 0 Å². The summed E-state index contributed by atoms with van der Waals surface area (Å²) in [6, 6.07) is 13.6. The van der Waals surface area contributed by atoms with Gasteiger partial charge in [-0.15, -0.1) is 11.3 Å². The third-order valence-corrected chi connectivity index (χ3v) is 4.47. The topological polar surface area (TPSA) is 46.9 Å². The predicted molar refractivity (Wildman–Crippen MR) is 88.0 cm³/mol. The highest BCUT2D eigenvalue weighted by molar-refractivity contribution is 7.10. The van der Waals surface area contributed by atoms with Crippen LogP contribution >= 0.6 is 11.3 Å². The van der Waals surface area contributed by atoms with Gasteiger partial charge in [-0.1, -0.05) is 18.2 Å². The Balaban J connectivity index is 1.70. The maximum Gasteiger partial charge on any atom is 0.251 e. The summed E-state index contributed by atoms with van der Waals surface area (Å²) < 4.78 is 1.84. The molecule has 0 saturated carbocycles. The SMILES string of the molecule is CC(NC(=O)c1cccc(Cn2cccn2)c1)c1cccs1. The van der Waals surface area contributed by atoms with Gasteiger partial charge in [-0.05, 0) is 42.1 Å². The zero-order valence-electron chi connectivity index (χ0n) is 12.3. The number of rotatable bonds is 5. The lowest BCUT2D eigenvalue weighted by Crippen LogP contribution is -2.26. The highest BCUT2D eigenvalue weighted by atomic mass is 32.1. The summed E-state index contributed by atoms with van der Waals surface area (Å²) in [6.45, 7) is 2.66. The van der Waals surface area contributed by atoms with Gasteiger partial charge in [0.15, 0.2) is 0 Å². The van der Waals surface area contributed by atoms with Crippen LogP contribution in [0.5, 0.6) is 0 Å². The first-order valence-electron chi connectivity index (χ1n) is 7.13. The number of carbonyl (C=O) groups excluding carboxylic acids is 1. The van der Waals surface area contributed by atoms with Gasteiger partial charge in [0.1, 0.15) is 0 Å². The largest absolute Gasteiger partial charge is 0.345 e. The minimum absolute atomic E-state index is 0.0160. The normalized spacial score (nSPS) is 12.0. The van der Waals surface area contributed by atoms with E-state index in [9.17, 15) is 4.79 Å². The van der Waals surface area contributed by atoms with E-state index in [1.165, 1.54) is 0 Å². The molecular formula is C17H17N3OS. The standard InChI is InChI=1S/C17H17N3OS/c1-13(16-7-3-10-22-16)19-17(21)15-6-2-5-14(11-15)12-20-9-4-8-18-20/h2-11,13H,12H2,1H3,(H,19,21). The minimum Gasteiger partial charge on any atom is -0.345 e. The molecule has 3 aromatic rings. The molecule has 1 aromatic carbocycles. The molecular weight excluding hydrogens is 294 g/mol. The smallest absolute Gasteiger partial charge is 0.251 e. The Labute approximate surface area is 133 Å². The lowest BCUT2D eigenvalue weighted by atomic mass is 10.1. The molecule has 0 aliphatic carbocycles. The summed E-state index contributed by atoms with van der Waals surface area (Å²) in [5, 5.41) is 9.24. The van der Waals surface area contributed by atoms with Crippen LogP contribution in [0.4, 0.5) is 0 Å². The summed E-state index contributed by atoms with van der Waals surface area (Å²) in [7, 11) is 0. The molecule has 3 rings (SSSR count). The van der Waals surface area contributed by atoms with Crippen LogP contribution in [0.3, 0.4) is 0 Å². The fourth-order valence-corrected chi connectivity index (χ4v) is 3.02. The van der Waals surface area contributed by atoms with E-state index in [1.54, 1.807) is 17.5 Å². The Morgan fingerprint density at radius 3 is 2.95 bits per heavy atom. The fourth-order valence-electron chi connectivity index (χ4n) is 2.28. The van der Waals surface area contributed by atoms with E-state index in [0.29, 0.717) is 12.1 Å². The molecule has 0 spiro atoms. The van der Waals surface area contributed by atoms with E-state index in [-0.39, 0.29) is 11.9 Å². The Hall–Kier alpha value is -2.40.